The molecule has 3 rings (SSSR count). The van der Waals surface area contributed by atoms with E-state index in [0.29, 0.717) is 32.3 Å². The number of piperidine rings is 1. The van der Waals surface area contributed by atoms with Crippen molar-refractivity contribution in [2.45, 2.75) is 58.5 Å². The molecule has 0 bridgehead atoms. The first-order valence-electron chi connectivity index (χ1n) is 11.3. The van der Waals surface area contributed by atoms with E-state index in [1.807, 2.05) is 19.1 Å². The molecule has 0 spiro atoms. The average molecular weight is 404 g/mol. The maximum absolute atomic E-state index is 12.6. The highest BCUT2D eigenvalue weighted by atomic mass is 16.5. The number of rotatable bonds is 4. The van der Waals surface area contributed by atoms with Gasteiger partial charge >= 0.3 is 0 Å². The van der Waals surface area contributed by atoms with Crippen LogP contribution in [0.25, 0.3) is 0 Å². The minimum atomic E-state index is 0.130. The van der Waals surface area contributed by atoms with E-state index >= 15 is 0 Å². The van der Waals surface area contributed by atoms with E-state index in [4.69, 9.17) is 9.47 Å². The summed E-state index contributed by atoms with van der Waals surface area (Å²) in [6.45, 7) is 10.7. The number of hydrogen-bond acceptors (Lipinski definition) is 5. The third-order valence-corrected chi connectivity index (χ3v) is 5.99. The summed E-state index contributed by atoms with van der Waals surface area (Å²) in [5.41, 5.74) is 1.11. The van der Waals surface area contributed by atoms with Gasteiger partial charge in [-0.15, -0.1) is 0 Å². The quantitative estimate of drug-likeness (QED) is 0.837. The molecule has 29 heavy (non-hydrogen) atoms. The zero-order chi connectivity index (χ0) is 20.5. The normalized spacial score (nSPS) is 21.1. The van der Waals surface area contributed by atoms with E-state index in [1.165, 1.54) is 0 Å². The first-order valence-corrected chi connectivity index (χ1v) is 11.3. The Morgan fingerprint density at radius 2 is 1.97 bits per heavy atom. The molecular formula is C23H37N3O3. The molecule has 1 N–H and O–H groups in total. The fourth-order valence-corrected chi connectivity index (χ4v) is 4.30. The molecule has 0 aliphatic carbocycles. The number of para-hydroxylation sites is 1. The molecule has 2 aliphatic rings. The van der Waals surface area contributed by atoms with Gasteiger partial charge in [-0.05, 0) is 64.7 Å². The zero-order valence-corrected chi connectivity index (χ0v) is 18.1. The van der Waals surface area contributed by atoms with Crippen molar-refractivity contribution in [3.05, 3.63) is 23.8 Å². The van der Waals surface area contributed by atoms with Crippen molar-refractivity contribution in [1.29, 1.82) is 0 Å². The minimum Gasteiger partial charge on any atom is -0.490 e. The first-order chi connectivity index (χ1) is 14.2. The van der Waals surface area contributed by atoms with Crippen molar-refractivity contribution < 1.29 is 14.3 Å². The van der Waals surface area contributed by atoms with E-state index < -0.39 is 0 Å². The molecule has 2 aliphatic heterocycles. The predicted molar refractivity (Wildman–Crippen MR) is 116 cm³/mol. The van der Waals surface area contributed by atoms with Crippen LogP contribution in [0.15, 0.2) is 18.2 Å². The van der Waals surface area contributed by atoms with Crippen molar-refractivity contribution in [1.82, 2.24) is 15.1 Å². The molecule has 162 valence electrons. The maximum Gasteiger partial charge on any atom is 0.234 e. The summed E-state index contributed by atoms with van der Waals surface area (Å²) in [7, 11) is 0. The third kappa shape index (κ3) is 6.34. The van der Waals surface area contributed by atoms with Gasteiger partial charge < -0.3 is 19.7 Å². The van der Waals surface area contributed by atoms with Gasteiger partial charge in [-0.3, -0.25) is 9.69 Å². The molecule has 2 heterocycles. The SMILES string of the molecule is CCOc1cccc2c1OCCCCCNC(=O)CN(C1CCN(CC)CC1)C2. The third-order valence-electron chi connectivity index (χ3n) is 5.99. The van der Waals surface area contributed by atoms with Crippen LogP contribution in [0, 0.1) is 0 Å². The van der Waals surface area contributed by atoms with Gasteiger partial charge in [0, 0.05) is 24.7 Å². The molecule has 1 saturated heterocycles. The minimum absolute atomic E-state index is 0.130. The Morgan fingerprint density at radius 1 is 1.14 bits per heavy atom. The highest BCUT2D eigenvalue weighted by molar-refractivity contribution is 5.78. The second-order valence-corrected chi connectivity index (χ2v) is 8.01. The van der Waals surface area contributed by atoms with Crippen LogP contribution < -0.4 is 14.8 Å². The number of benzene rings is 1. The summed E-state index contributed by atoms with van der Waals surface area (Å²) in [5.74, 6) is 1.79. The summed E-state index contributed by atoms with van der Waals surface area (Å²) in [6.07, 6.45) is 5.22. The van der Waals surface area contributed by atoms with Gasteiger partial charge in [-0.25, -0.2) is 0 Å². The standard InChI is InChI=1S/C23H37N3O3/c1-3-25-14-11-20(12-15-25)26-17-19-9-8-10-21(28-4-2)23(19)29-16-7-5-6-13-24-22(27)18-26/h8-10,20H,3-7,11-18H2,1-2H3,(H,24,27). The second kappa shape index (κ2) is 11.4. The fraction of sp³-hybridized carbons (Fsp3) is 0.696. The van der Waals surface area contributed by atoms with Crippen LogP contribution in [-0.4, -0.2) is 67.7 Å². The van der Waals surface area contributed by atoms with Crippen molar-refractivity contribution in [2.24, 2.45) is 0 Å². The van der Waals surface area contributed by atoms with E-state index in [2.05, 4.69) is 28.1 Å². The number of carbonyl (C=O) groups is 1. The molecular weight excluding hydrogens is 366 g/mol. The van der Waals surface area contributed by atoms with Gasteiger partial charge in [-0.1, -0.05) is 19.1 Å². The van der Waals surface area contributed by atoms with Crippen LogP contribution in [0.4, 0.5) is 0 Å². The number of ether oxygens (including phenoxy) is 2. The van der Waals surface area contributed by atoms with Gasteiger partial charge in [0.05, 0.1) is 19.8 Å². The lowest BCUT2D eigenvalue weighted by atomic mass is 10.0. The Hall–Kier alpha value is -1.79. The Balaban J connectivity index is 1.83. The Labute approximate surface area is 175 Å². The van der Waals surface area contributed by atoms with Crippen LogP contribution in [0.2, 0.25) is 0 Å². The van der Waals surface area contributed by atoms with Gasteiger partial charge in [0.1, 0.15) is 0 Å². The molecule has 1 amide bonds. The molecule has 1 aromatic rings. The highest BCUT2D eigenvalue weighted by Gasteiger charge is 2.27. The van der Waals surface area contributed by atoms with Gasteiger partial charge in [0.25, 0.3) is 0 Å². The van der Waals surface area contributed by atoms with Crippen molar-refractivity contribution >= 4 is 5.91 Å². The van der Waals surface area contributed by atoms with Crippen LogP contribution in [0.3, 0.4) is 0 Å². The first kappa shape index (κ1) is 21.9. The lowest BCUT2D eigenvalue weighted by molar-refractivity contribution is -0.123. The average Bonchev–Trinajstić information content (AvgIpc) is 2.75. The number of nitrogens with zero attached hydrogens (tertiary/aromatic N) is 2. The van der Waals surface area contributed by atoms with Gasteiger partial charge in [-0.2, -0.15) is 0 Å². The van der Waals surface area contributed by atoms with E-state index in [0.717, 1.165) is 75.3 Å². The lowest BCUT2D eigenvalue weighted by Crippen LogP contribution is -2.48. The molecule has 0 aromatic heterocycles. The van der Waals surface area contributed by atoms with Crippen LogP contribution in [0.5, 0.6) is 11.5 Å². The molecule has 0 unspecified atom stereocenters. The number of carbonyl (C=O) groups excluding carboxylic acids is 1. The van der Waals surface area contributed by atoms with Crippen molar-refractivity contribution in [3.8, 4) is 11.5 Å². The van der Waals surface area contributed by atoms with E-state index in [9.17, 15) is 4.79 Å². The Morgan fingerprint density at radius 3 is 2.72 bits per heavy atom. The highest BCUT2D eigenvalue weighted by Crippen LogP contribution is 2.33. The second-order valence-electron chi connectivity index (χ2n) is 8.01. The number of likely N-dealkylation sites (tertiary alicyclic amines) is 1. The smallest absolute Gasteiger partial charge is 0.234 e. The Kier molecular flexibility index (Phi) is 8.62. The monoisotopic (exact) mass is 403 g/mol. The summed E-state index contributed by atoms with van der Waals surface area (Å²) >= 11 is 0. The predicted octanol–water partition coefficient (Wildman–Crippen LogP) is 3.05. The van der Waals surface area contributed by atoms with Gasteiger partial charge in [0.15, 0.2) is 11.5 Å². The molecule has 6 heteroatoms. The van der Waals surface area contributed by atoms with E-state index in [1.54, 1.807) is 0 Å². The van der Waals surface area contributed by atoms with Gasteiger partial charge in [0.2, 0.25) is 5.91 Å². The van der Waals surface area contributed by atoms with Crippen LogP contribution in [0.1, 0.15) is 51.5 Å². The molecule has 6 nitrogen and oxygen atoms in total. The summed E-state index contributed by atoms with van der Waals surface area (Å²) in [6, 6.07) is 6.54. The topological polar surface area (TPSA) is 54.0 Å². The number of hydrogen-bond donors (Lipinski definition) is 1. The lowest BCUT2D eigenvalue weighted by Gasteiger charge is -2.38. The van der Waals surface area contributed by atoms with Crippen molar-refractivity contribution in [2.75, 3.05) is 45.9 Å². The molecule has 0 atom stereocenters. The molecule has 0 saturated carbocycles. The largest absolute Gasteiger partial charge is 0.490 e. The number of amides is 1. The number of nitrogens with one attached hydrogen (secondary N) is 1. The number of fused-ring (bicyclic) bond motifs is 1. The zero-order valence-electron chi connectivity index (χ0n) is 18.1. The summed E-state index contributed by atoms with van der Waals surface area (Å²) < 4.78 is 12.1. The molecule has 1 fully saturated rings. The maximum atomic E-state index is 12.6. The fourth-order valence-electron chi connectivity index (χ4n) is 4.30. The summed E-state index contributed by atoms with van der Waals surface area (Å²) in [5, 5.41) is 3.11. The molecule has 1 aromatic carbocycles. The molecule has 0 radical (unpaired) electrons. The van der Waals surface area contributed by atoms with Crippen LogP contribution >= 0.6 is 0 Å². The van der Waals surface area contributed by atoms with Crippen LogP contribution in [-0.2, 0) is 11.3 Å². The van der Waals surface area contributed by atoms with E-state index in [-0.39, 0.29) is 5.91 Å². The summed E-state index contributed by atoms with van der Waals surface area (Å²) in [4.78, 5) is 17.5. The Bertz CT molecular complexity index is 644. The van der Waals surface area contributed by atoms with Crippen molar-refractivity contribution in [3.63, 3.8) is 0 Å².